The van der Waals surface area contributed by atoms with Crippen LogP contribution in [0.15, 0.2) is 36.7 Å². The average molecular weight is 565 g/mol. The highest BCUT2D eigenvalue weighted by atomic mass is 35.5. The number of nitrogens with one attached hydrogen (secondary N) is 1. The Balaban J connectivity index is 1.39. The van der Waals surface area contributed by atoms with Crippen LogP contribution < -0.4 is 10.2 Å². The normalized spacial score (nSPS) is 19.4. The van der Waals surface area contributed by atoms with Gasteiger partial charge in [-0.15, -0.1) is 0 Å². The predicted molar refractivity (Wildman–Crippen MR) is 139 cm³/mol. The minimum atomic E-state index is -4.64. The number of alkyl halides is 3. The number of carbonyl (C=O) groups is 1. The molecule has 39 heavy (non-hydrogen) atoms. The summed E-state index contributed by atoms with van der Waals surface area (Å²) in [6, 6.07) is 6.53. The number of benzene rings is 1. The topological polar surface area (TPSA) is 104 Å². The zero-order valence-electron chi connectivity index (χ0n) is 21.0. The smallest absolute Gasteiger partial charge is 0.394 e. The van der Waals surface area contributed by atoms with Gasteiger partial charge in [0.25, 0.3) is 5.91 Å². The summed E-state index contributed by atoms with van der Waals surface area (Å²) in [6.07, 6.45) is -0.493. The molecule has 13 heteroatoms. The molecule has 0 saturated carbocycles. The van der Waals surface area contributed by atoms with Crippen molar-refractivity contribution in [2.75, 3.05) is 50.9 Å². The van der Waals surface area contributed by atoms with Gasteiger partial charge in [0.15, 0.2) is 0 Å². The summed E-state index contributed by atoms with van der Waals surface area (Å²) in [6.45, 7) is 2.93. The number of hydrogen-bond donors (Lipinski definition) is 2. The summed E-state index contributed by atoms with van der Waals surface area (Å²) in [4.78, 5) is 29.2. The fourth-order valence-electron chi connectivity index (χ4n) is 5.17. The van der Waals surface area contributed by atoms with E-state index in [2.05, 4.69) is 20.2 Å². The van der Waals surface area contributed by atoms with E-state index in [1.54, 1.807) is 18.2 Å². The fraction of sp³-hybridized carbons (Fsp3) is 0.462. The summed E-state index contributed by atoms with van der Waals surface area (Å²) in [5, 5.41) is 13.4. The first kappa shape index (κ1) is 27.5. The Kier molecular flexibility index (Phi) is 8.17. The van der Waals surface area contributed by atoms with Crippen molar-refractivity contribution >= 4 is 34.2 Å². The highest BCUT2D eigenvalue weighted by Crippen LogP contribution is 2.31. The van der Waals surface area contributed by atoms with Gasteiger partial charge in [0.1, 0.15) is 5.82 Å². The number of anilines is 1. The third-order valence-electron chi connectivity index (χ3n) is 7.17. The number of aliphatic hydroxyl groups is 1. The number of halogens is 4. The van der Waals surface area contributed by atoms with Gasteiger partial charge in [-0.3, -0.25) is 9.69 Å². The third kappa shape index (κ3) is 5.93. The van der Waals surface area contributed by atoms with Gasteiger partial charge < -0.3 is 20.1 Å². The first-order valence-corrected chi connectivity index (χ1v) is 13.1. The molecule has 5 rings (SSSR count). The van der Waals surface area contributed by atoms with E-state index in [9.17, 15) is 23.1 Å². The maximum absolute atomic E-state index is 13.4. The standard InChI is InChI=1S/C26H28ClF3N6O3/c27-19-4-5-20-18(3-6-22(34-20)36-7-1-2-17(36)15-37)23(19)24(38)31-14-21(35-8-10-39-11-9-35)16-12-32-25(33-13-16)26(28,29)30/h3-6,12-13,17,21,37H,1-2,7-11,14-15H2,(H,31,38)/t17-,21?/m1/s1. The Hall–Kier alpha value is -3.06. The molecule has 4 heterocycles. The molecular weight excluding hydrogens is 537 g/mol. The van der Waals surface area contributed by atoms with Crippen LogP contribution in [0, 0.1) is 0 Å². The number of morpholine rings is 1. The molecule has 2 aliphatic rings. The molecule has 2 N–H and O–H groups in total. The molecule has 1 unspecified atom stereocenters. The lowest BCUT2D eigenvalue weighted by molar-refractivity contribution is -0.145. The van der Waals surface area contributed by atoms with Crippen LogP contribution in [0.2, 0.25) is 5.02 Å². The number of rotatable bonds is 7. The third-order valence-corrected chi connectivity index (χ3v) is 7.48. The molecule has 0 aliphatic carbocycles. The van der Waals surface area contributed by atoms with Gasteiger partial charge in [-0.05, 0) is 37.1 Å². The quantitative estimate of drug-likeness (QED) is 0.450. The summed E-state index contributed by atoms with van der Waals surface area (Å²) < 4.78 is 44.4. The van der Waals surface area contributed by atoms with Crippen LogP contribution in [-0.2, 0) is 10.9 Å². The van der Waals surface area contributed by atoms with Crippen molar-refractivity contribution in [3.05, 3.63) is 58.6 Å². The average Bonchev–Trinajstić information content (AvgIpc) is 3.42. The number of fused-ring (bicyclic) bond motifs is 1. The number of ether oxygens (including phenoxy) is 1. The summed E-state index contributed by atoms with van der Waals surface area (Å²) in [5.74, 6) is -0.923. The number of aliphatic hydroxyl groups excluding tert-OH is 1. The fourth-order valence-corrected chi connectivity index (χ4v) is 5.42. The lowest BCUT2D eigenvalue weighted by Crippen LogP contribution is -2.44. The van der Waals surface area contributed by atoms with Crippen LogP contribution in [-0.4, -0.2) is 82.9 Å². The van der Waals surface area contributed by atoms with Gasteiger partial charge in [-0.1, -0.05) is 11.6 Å². The zero-order valence-corrected chi connectivity index (χ0v) is 21.8. The van der Waals surface area contributed by atoms with Gasteiger partial charge in [0.05, 0.1) is 48.0 Å². The van der Waals surface area contributed by atoms with Crippen molar-refractivity contribution in [2.24, 2.45) is 0 Å². The van der Waals surface area contributed by atoms with Crippen LogP contribution in [0.25, 0.3) is 10.9 Å². The number of pyridine rings is 1. The number of hydrogen-bond acceptors (Lipinski definition) is 8. The van der Waals surface area contributed by atoms with E-state index >= 15 is 0 Å². The lowest BCUT2D eigenvalue weighted by Gasteiger charge is -2.34. The molecule has 2 aliphatic heterocycles. The van der Waals surface area contributed by atoms with Crippen LogP contribution in [0.3, 0.4) is 0 Å². The van der Waals surface area contributed by atoms with Gasteiger partial charge in [-0.2, -0.15) is 13.2 Å². The molecule has 0 radical (unpaired) electrons. The predicted octanol–water partition coefficient (Wildman–Crippen LogP) is 3.46. The molecule has 1 amide bonds. The van der Waals surface area contributed by atoms with Crippen LogP contribution in [0.1, 0.15) is 40.6 Å². The molecule has 0 bridgehead atoms. The second-order valence-electron chi connectivity index (χ2n) is 9.54. The van der Waals surface area contributed by atoms with Gasteiger partial charge in [0, 0.05) is 49.5 Å². The van der Waals surface area contributed by atoms with Crippen molar-refractivity contribution in [2.45, 2.75) is 31.1 Å². The number of carbonyl (C=O) groups excluding carboxylic acids is 1. The van der Waals surface area contributed by atoms with E-state index < -0.39 is 23.9 Å². The number of amides is 1. The molecule has 2 fully saturated rings. The van der Waals surface area contributed by atoms with Gasteiger partial charge >= 0.3 is 6.18 Å². The van der Waals surface area contributed by atoms with E-state index in [1.807, 2.05) is 11.0 Å². The van der Waals surface area contributed by atoms with Crippen molar-refractivity contribution in [1.29, 1.82) is 0 Å². The van der Waals surface area contributed by atoms with Crippen LogP contribution in [0.4, 0.5) is 19.0 Å². The Morgan fingerprint density at radius 1 is 1.15 bits per heavy atom. The summed E-state index contributed by atoms with van der Waals surface area (Å²) in [5.41, 5.74) is 1.30. The van der Waals surface area contributed by atoms with Crippen molar-refractivity contribution in [3.8, 4) is 0 Å². The van der Waals surface area contributed by atoms with Crippen LogP contribution in [0.5, 0.6) is 0 Å². The van der Waals surface area contributed by atoms with Crippen molar-refractivity contribution in [3.63, 3.8) is 0 Å². The van der Waals surface area contributed by atoms with Gasteiger partial charge in [0.2, 0.25) is 5.82 Å². The summed E-state index contributed by atoms with van der Waals surface area (Å²) >= 11 is 6.47. The van der Waals surface area contributed by atoms with E-state index in [0.29, 0.717) is 42.8 Å². The van der Waals surface area contributed by atoms with E-state index in [-0.39, 0.29) is 29.8 Å². The highest BCUT2D eigenvalue weighted by molar-refractivity contribution is 6.35. The van der Waals surface area contributed by atoms with Crippen LogP contribution >= 0.6 is 11.6 Å². The molecule has 1 aromatic carbocycles. The Morgan fingerprint density at radius 3 is 2.59 bits per heavy atom. The molecule has 3 aromatic rings. The Morgan fingerprint density at radius 2 is 1.90 bits per heavy atom. The first-order valence-electron chi connectivity index (χ1n) is 12.7. The Labute approximate surface area is 228 Å². The lowest BCUT2D eigenvalue weighted by atomic mass is 10.1. The Bertz CT molecular complexity index is 1320. The van der Waals surface area contributed by atoms with E-state index in [1.165, 1.54) is 0 Å². The van der Waals surface area contributed by atoms with E-state index in [4.69, 9.17) is 21.3 Å². The molecule has 2 atom stereocenters. The molecule has 2 saturated heterocycles. The molecule has 9 nitrogen and oxygen atoms in total. The molecule has 208 valence electrons. The summed E-state index contributed by atoms with van der Waals surface area (Å²) in [7, 11) is 0. The second kappa shape index (κ2) is 11.6. The minimum Gasteiger partial charge on any atom is -0.394 e. The maximum atomic E-state index is 13.4. The highest BCUT2D eigenvalue weighted by Gasteiger charge is 2.35. The second-order valence-corrected chi connectivity index (χ2v) is 9.95. The van der Waals surface area contributed by atoms with E-state index in [0.717, 1.165) is 37.6 Å². The number of nitrogens with zero attached hydrogens (tertiary/aromatic N) is 5. The molecule has 0 spiro atoms. The minimum absolute atomic E-state index is 0.0105. The monoisotopic (exact) mass is 564 g/mol. The largest absolute Gasteiger partial charge is 0.451 e. The molecular formula is C26H28ClF3N6O3. The molecule has 2 aromatic heterocycles. The number of aromatic nitrogens is 3. The van der Waals surface area contributed by atoms with Gasteiger partial charge in [-0.25, -0.2) is 15.0 Å². The SMILES string of the molecule is O=C(NCC(c1cnc(C(F)(F)F)nc1)N1CCOCC1)c1c(Cl)ccc2nc(N3CCC[C@@H]3CO)ccc12. The first-order chi connectivity index (χ1) is 18.8. The zero-order chi connectivity index (χ0) is 27.6. The maximum Gasteiger partial charge on any atom is 0.451 e. The van der Waals surface area contributed by atoms with Crippen molar-refractivity contribution in [1.82, 2.24) is 25.2 Å². The van der Waals surface area contributed by atoms with Crippen molar-refractivity contribution < 1.29 is 27.8 Å².